The molecule has 0 saturated carbocycles. The monoisotopic (exact) mass is 341 g/mol. The molecule has 0 aliphatic rings. The number of ether oxygens (including phenoxy) is 2. The molecule has 4 nitrogen and oxygen atoms in total. The molecular formula is C21H27NO3. The van der Waals surface area contributed by atoms with Gasteiger partial charge in [0.05, 0.1) is 13.2 Å². The molecule has 25 heavy (non-hydrogen) atoms. The Kier molecular flexibility index (Phi) is 6.87. The van der Waals surface area contributed by atoms with E-state index in [0.29, 0.717) is 5.75 Å². The standard InChI is InChI=1S/C21H27NO3/c1-5-16-6-8-17(9-7-16)21(15(2)3)22-20(23)14-25-19-12-10-18(24-4)11-13-19/h6-13,15,21H,5,14H2,1-4H3,(H,22,23)/t21-/m0/s1. The first-order valence-electron chi connectivity index (χ1n) is 8.68. The maximum absolute atomic E-state index is 12.3. The molecule has 2 aromatic rings. The largest absolute Gasteiger partial charge is 0.497 e. The molecule has 1 amide bonds. The summed E-state index contributed by atoms with van der Waals surface area (Å²) in [7, 11) is 1.61. The van der Waals surface area contributed by atoms with E-state index in [1.165, 1.54) is 5.56 Å². The molecule has 0 aromatic heterocycles. The van der Waals surface area contributed by atoms with Crippen molar-refractivity contribution >= 4 is 5.91 Å². The summed E-state index contributed by atoms with van der Waals surface area (Å²) in [6.07, 6.45) is 1.01. The van der Waals surface area contributed by atoms with Gasteiger partial charge in [-0.15, -0.1) is 0 Å². The Labute approximate surface area is 150 Å². The van der Waals surface area contributed by atoms with Crippen molar-refractivity contribution in [1.29, 1.82) is 0 Å². The summed E-state index contributed by atoms with van der Waals surface area (Å²) in [4.78, 5) is 12.3. The van der Waals surface area contributed by atoms with E-state index in [9.17, 15) is 4.79 Å². The lowest BCUT2D eigenvalue weighted by atomic mass is 9.95. The van der Waals surface area contributed by atoms with E-state index < -0.39 is 0 Å². The van der Waals surface area contributed by atoms with Gasteiger partial charge < -0.3 is 14.8 Å². The van der Waals surface area contributed by atoms with Gasteiger partial charge >= 0.3 is 0 Å². The van der Waals surface area contributed by atoms with E-state index in [0.717, 1.165) is 17.7 Å². The molecule has 4 heteroatoms. The molecule has 0 fully saturated rings. The minimum absolute atomic E-state index is 0.0113. The second-order valence-corrected chi connectivity index (χ2v) is 6.35. The van der Waals surface area contributed by atoms with Crippen molar-refractivity contribution in [3.63, 3.8) is 0 Å². The number of aryl methyl sites for hydroxylation is 1. The van der Waals surface area contributed by atoms with E-state index in [-0.39, 0.29) is 24.5 Å². The molecule has 134 valence electrons. The van der Waals surface area contributed by atoms with Crippen LogP contribution in [0.4, 0.5) is 0 Å². The van der Waals surface area contributed by atoms with Crippen LogP contribution in [0.3, 0.4) is 0 Å². The molecule has 0 saturated heterocycles. The number of hydrogen-bond donors (Lipinski definition) is 1. The summed E-state index contributed by atoms with van der Waals surface area (Å²) in [5.74, 6) is 1.56. The van der Waals surface area contributed by atoms with Crippen LogP contribution in [-0.4, -0.2) is 19.6 Å². The fourth-order valence-corrected chi connectivity index (χ4v) is 2.63. The molecular weight excluding hydrogens is 314 g/mol. The van der Waals surface area contributed by atoms with Crippen LogP contribution in [0.25, 0.3) is 0 Å². The van der Waals surface area contributed by atoms with Crippen LogP contribution in [0.5, 0.6) is 11.5 Å². The SMILES string of the molecule is CCc1ccc([C@@H](NC(=O)COc2ccc(OC)cc2)C(C)C)cc1. The minimum Gasteiger partial charge on any atom is -0.497 e. The number of amides is 1. The number of carbonyl (C=O) groups excluding carboxylic acids is 1. The summed E-state index contributed by atoms with van der Waals surface area (Å²) < 4.78 is 10.7. The van der Waals surface area contributed by atoms with Crippen LogP contribution in [0, 0.1) is 5.92 Å². The van der Waals surface area contributed by atoms with E-state index in [1.54, 1.807) is 31.4 Å². The van der Waals surface area contributed by atoms with Gasteiger partial charge in [0.25, 0.3) is 5.91 Å². The first-order valence-corrected chi connectivity index (χ1v) is 8.68. The maximum atomic E-state index is 12.3. The molecule has 2 rings (SSSR count). The molecule has 1 atom stereocenters. The van der Waals surface area contributed by atoms with Crippen molar-refractivity contribution in [2.45, 2.75) is 33.2 Å². The van der Waals surface area contributed by atoms with Gasteiger partial charge in [0.2, 0.25) is 0 Å². The van der Waals surface area contributed by atoms with Gasteiger partial charge in [-0.1, -0.05) is 45.0 Å². The van der Waals surface area contributed by atoms with Crippen molar-refractivity contribution in [1.82, 2.24) is 5.32 Å². The second-order valence-electron chi connectivity index (χ2n) is 6.35. The highest BCUT2D eigenvalue weighted by atomic mass is 16.5. The molecule has 0 radical (unpaired) electrons. The van der Waals surface area contributed by atoms with Crippen molar-refractivity contribution in [3.8, 4) is 11.5 Å². The van der Waals surface area contributed by atoms with Gasteiger partial charge in [-0.2, -0.15) is 0 Å². The first-order chi connectivity index (χ1) is 12.0. The number of rotatable bonds is 8. The van der Waals surface area contributed by atoms with Crippen LogP contribution < -0.4 is 14.8 Å². The highest BCUT2D eigenvalue weighted by Crippen LogP contribution is 2.22. The Morgan fingerprint density at radius 3 is 2.12 bits per heavy atom. The molecule has 0 aliphatic heterocycles. The Morgan fingerprint density at radius 2 is 1.60 bits per heavy atom. The fourth-order valence-electron chi connectivity index (χ4n) is 2.63. The lowest BCUT2D eigenvalue weighted by molar-refractivity contribution is -0.124. The summed E-state index contributed by atoms with van der Waals surface area (Å²) in [5.41, 5.74) is 2.41. The predicted molar refractivity (Wildman–Crippen MR) is 100 cm³/mol. The van der Waals surface area contributed by atoms with Crippen LogP contribution in [0.15, 0.2) is 48.5 Å². The molecule has 1 N–H and O–H groups in total. The lowest BCUT2D eigenvalue weighted by Crippen LogP contribution is -2.35. The second kappa shape index (κ2) is 9.11. The summed E-state index contributed by atoms with van der Waals surface area (Å²) in [6, 6.07) is 15.6. The van der Waals surface area contributed by atoms with Crippen molar-refractivity contribution < 1.29 is 14.3 Å². The van der Waals surface area contributed by atoms with E-state index >= 15 is 0 Å². The maximum Gasteiger partial charge on any atom is 0.258 e. The van der Waals surface area contributed by atoms with Crippen molar-refractivity contribution in [3.05, 3.63) is 59.7 Å². The minimum atomic E-state index is -0.130. The third-order valence-corrected chi connectivity index (χ3v) is 4.16. The average molecular weight is 341 g/mol. The molecule has 0 unspecified atom stereocenters. The zero-order chi connectivity index (χ0) is 18.2. The number of nitrogens with one attached hydrogen (secondary N) is 1. The predicted octanol–water partition coefficient (Wildman–Crippen LogP) is 4.15. The van der Waals surface area contributed by atoms with E-state index in [2.05, 4.69) is 50.4 Å². The van der Waals surface area contributed by atoms with Crippen LogP contribution in [0.1, 0.15) is 37.9 Å². The molecule has 2 aromatic carbocycles. The number of methoxy groups -OCH3 is 1. The van der Waals surface area contributed by atoms with Crippen molar-refractivity contribution in [2.75, 3.05) is 13.7 Å². The fraction of sp³-hybridized carbons (Fsp3) is 0.381. The van der Waals surface area contributed by atoms with Crippen LogP contribution in [0.2, 0.25) is 0 Å². The zero-order valence-electron chi connectivity index (χ0n) is 15.4. The number of hydrogen-bond acceptors (Lipinski definition) is 3. The quantitative estimate of drug-likeness (QED) is 0.784. The highest BCUT2D eigenvalue weighted by molar-refractivity contribution is 5.78. The Morgan fingerprint density at radius 1 is 1.00 bits per heavy atom. The van der Waals surface area contributed by atoms with E-state index in [1.807, 2.05) is 0 Å². The van der Waals surface area contributed by atoms with Gasteiger partial charge in [0.15, 0.2) is 6.61 Å². The van der Waals surface area contributed by atoms with Crippen LogP contribution in [-0.2, 0) is 11.2 Å². The Hall–Kier alpha value is -2.49. The smallest absolute Gasteiger partial charge is 0.258 e. The van der Waals surface area contributed by atoms with Gasteiger partial charge in [-0.25, -0.2) is 0 Å². The summed E-state index contributed by atoms with van der Waals surface area (Å²) in [5, 5.41) is 3.07. The number of benzene rings is 2. The Bertz CT molecular complexity index is 663. The topological polar surface area (TPSA) is 47.6 Å². The Balaban J connectivity index is 1.94. The van der Waals surface area contributed by atoms with Crippen molar-refractivity contribution in [2.24, 2.45) is 5.92 Å². The summed E-state index contributed by atoms with van der Waals surface area (Å²) in [6.45, 7) is 6.32. The lowest BCUT2D eigenvalue weighted by Gasteiger charge is -2.23. The van der Waals surface area contributed by atoms with E-state index in [4.69, 9.17) is 9.47 Å². The van der Waals surface area contributed by atoms with Gasteiger partial charge in [-0.3, -0.25) is 4.79 Å². The first kappa shape index (κ1) is 18.8. The van der Waals surface area contributed by atoms with Crippen LogP contribution >= 0.6 is 0 Å². The summed E-state index contributed by atoms with van der Waals surface area (Å²) >= 11 is 0. The molecule has 0 bridgehead atoms. The zero-order valence-corrected chi connectivity index (χ0v) is 15.4. The van der Waals surface area contributed by atoms with Gasteiger partial charge in [-0.05, 0) is 47.7 Å². The number of carbonyl (C=O) groups is 1. The third-order valence-electron chi connectivity index (χ3n) is 4.16. The molecule has 0 spiro atoms. The normalized spacial score (nSPS) is 11.9. The molecule has 0 heterocycles. The molecule has 0 aliphatic carbocycles. The van der Waals surface area contributed by atoms with Gasteiger partial charge in [0, 0.05) is 0 Å². The third kappa shape index (κ3) is 5.52. The van der Waals surface area contributed by atoms with Gasteiger partial charge in [0.1, 0.15) is 11.5 Å². The average Bonchev–Trinajstić information content (AvgIpc) is 2.64. The highest BCUT2D eigenvalue weighted by Gasteiger charge is 2.18.